The minimum atomic E-state index is -0.884. The van der Waals surface area contributed by atoms with Crippen LogP contribution in [0.15, 0.2) is 48.6 Å². The summed E-state index contributed by atoms with van der Waals surface area (Å²) in [5, 5.41) is 9.58. The van der Waals surface area contributed by atoms with Crippen LogP contribution in [0.4, 0.5) is 0 Å². The van der Waals surface area contributed by atoms with Crippen molar-refractivity contribution in [1.82, 2.24) is 0 Å². The third-order valence-electron chi connectivity index (χ3n) is 8.49. The van der Waals surface area contributed by atoms with Crippen LogP contribution in [0.1, 0.15) is 149 Å². The Morgan fingerprint density at radius 1 is 0.620 bits per heavy atom. The molecule has 0 rings (SSSR count). The first-order chi connectivity index (χ1) is 24.1. The fourth-order valence-electron chi connectivity index (χ4n) is 5.43. The second-order valence-corrected chi connectivity index (χ2v) is 14.2. The molecule has 0 aromatic carbocycles. The molecule has 0 aliphatic carbocycles. The number of nitrogens with zero attached hydrogens (tertiary/aromatic N) is 1. The summed E-state index contributed by atoms with van der Waals surface area (Å²) in [5.74, 6) is -1.53. The van der Waals surface area contributed by atoms with Gasteiger partial charge in [-0.1, -0.05) is 127 Å². The molecular formula is C42H74NO7+. The zero-order valence-electron chi connectivity index (χ0n) is 32.6. The van der Waals surface area contributed by atoms with Crippen LogP contribution in [0.2, 0.25) is 0 Å². The van der Waals surface area contributed by atoms with E-state index < -0.39 is 18.1 Å². The Bertz CT molecular complexity index is 964. The zero-order valence-corrected chi connectivity index (χ0v) is 32.6. The van der Waals surface area contributed by atoms with Crippen molar-refractivity contribution in [2.24, 2.45) is 0 Å². The molecule has 0 radical (unpaired) electrons. The Balaban J connectivity index is 4.50. The molecule has 0 amide bonds. The number of carboxylic acids is 1. The van der Waals surface area contributed by atoms with E-state index in [1.165, 1.54) is 51.4 Å². The van der Waals surface area contributed by atoms with Crippen molar-refractivity contribution < 1.29 is 38.2 Å². The average molecular weight is 705 g/mol. The molecule has 2 unspecified atom stereocenters. The number of carbonyl (C=O) groups is 3. The predicted molar refractivity (Wildman–Crippen MR) is 206 cm³/mol. The topological polar surface area (TPSA) is 99.1 Å². The molecule has 288 valence electrons. The lowest BCUT2D eigenvalue weighted by molar-refractivity contribution is -0.887. The van der Waals surface area contributed by atoms with E-state index in [1.807, 2.05) is 21.1 Å². The second kappa shape index (κ2) is 33.4. The molecular weight excluding hydrogens is 630 g/mol. The van der Waals surface area contributed by atoms with Crippen molar-refractivity contribution in [3.8, 4) is 0 Å². The monoisotopic (exact) mass is 705 g/mol. The number of ether oxygens (including phenoxy) is 3. The van der Waals surface area contributed by atoms with E-state index in [1.54, 1.807) is 0 Å². The van der Waals surface area contributed by atoms with E-state index in [-0.39, 0.29) is 42.7 Å². The number of unbranched alkanes of at least 4 members (excludes halogenated alkanes) is 12. The smallest absolute Gasteiger partial charge is 0.362 e. The third kappa shape index (κ3) is 31.3. The predicted octanol–water partition coefficient (Wildman–Crippen LogP) is 10.1. The minimum Gasteiger partial charge on any atom is -0.477 e. The summed E-state index contributed by atoms with van der Waals surface area (Å²) in [7, 11) is 5.50. The van der Waals surface area contributed by atoms with Crippen LogP contribution in [0, 0.1) is 0 Å². The number of carboxylic acid groups (broad SMARTS) is 1. The Labute approximate surface area is 306 Å². The Morgan fingerprint density at radius 2 is 1.12 bits per heavy atom. The van der Waals surface area contributed by atoms with Crippen LogP contribution in [-0.2, 0) is 28.6 Å². The van der Waals surface area contributed by atoms with Gasteiger partial charge in [-0.05, 0) is 51.4 Å². The van der Waals surface area contributed by atoms with E-state index >= 15 is 0 Å². The van der Waals surface area contributed by atoms with Gasteiger partial charge in [-0.2, -0.15) is 0 Å². The molecule has 0 aromatic heterocycles. The number of likely N-dealkylation sites (N-methyl/N-ethyl adjacent to an activating group) is 1. The van der Waals surface area contributed by atoms with E-state index in [4.69, 9.17) is 14.2 Å². The molecule has 50 heavy (non-hydrogen) atoms. The summed E-state index contributed by atoms with van der Waals surface area (Å²) < 4.78 is 17.2. The van der Waals surface area contributed by atoms with Gasteiger partial charge < -0.3 is 23.8 Å². The van der Waals surface area contributed by atoms with Crippen molar-refractivity contribution in [1.29, 1.82) is 0 Å². The van der Waals surface area contributed by atoms with Gasteiger partial charge in [0.15, 0.2) is 12.1 Å². The maximum absolute atomic E-state index is 12.6. The number of hydrogen-bond acceptors (Lipinski definition) is 6. The van der Waals surface area contributed by atoms with Crippen LogP contribution in [0.25, 0.3) is 0 Å². The summed E-state index contributed by atoms with van der Waals surface area (Å²) in [6.45, 7) is 4.55. The summed E-state index contributed by atoms with van der Waals surface area (Å²) in [6, 6.07) is -0.621. The first-order valence-electron chi connectivity index (χ1n) is 19.7. The molecule has 8 nitrogen and oxygen atoms in total. The Morgan fingerprint density at radius 3 is 1.66 bits per heavy atom. The molecule has 2 atom stereocenters. The number of hydrogen-bond donors (Lipinski definition) is 1. The first-order valence-corrected chi connectivity index (χ1v) is 19.7. The van der Waals surface area contributed by atoms with Gasteiger partial charge in [0.1, 0.15) is 6.61 Å². The summed E-state index contributed by atoms with van der Waals surface area (Å²) in [4.78, 5) is 36.8. The second-order valence-electron chi connectivity index (χ2n) is 14.2. The molecule has 0 saturated heterocycles. The maximum Gasteiger partial charge on any atom is 0.362 e. The number of allylic oxidation sites excluding steroid dienone is 8. The van der Waals surface area contributed by atoms with Gasteiger partial charge in [-0.25, -0.2) is 4.79 Å². The zero-order chi connectivity index (χ0) is 37.1. The van der Waals surface area contributed by atoms with E-state index in [2.05, 4.69) is 62.5 Å². The number of aliphatic carboxylic acids is 1. The standard InChI is InChI=1S/C42H73NO7/c1-6-8-10-12-14-16-18-19-20-21-23-25-27-29-31-33-41(45)50-38(36-48-35-34-39(42(46)47)43(3,4)5)37-49-40(44)32-30-28-26-24-22-17-15-13-11-9-7-2/h8,10,14,16,19-20,23,25,38-39H,6-7,9,11-13,15,17-18,21-22,24,26-37H2,1-5H3/p+1/b10-8-,16-14-,20-19-,25-23-. The van der Waals surface area contributed by atoms with Crippen LogP contribution < -0.4 is 0 Å². The van der Waals surface area contributed by atoms with Crippen molar-refractivity contribution in [3.63, 3.8) is 0 Å². The van der Waals surface area contributed by atoms with Crippen molar-refractivity contribution >= 4 is 17.9 Å². The minimum absolute atomic E-state index is 0.0445. The quantitative estimate of drug-likeness (QED) is 0.0308. The molecule has 0 saturated carbocycles. The molecule has 0 bridgehead atoms. The SMILES string of the molecule is CC/C=C\C/C=C\C/C=C\C/C=C\CCCCC(=O)OC(COCCC(C(=O)O)[N+](C)(C)C)COC(=O)CCCCCCCCCCCCC. The van der Waals surface area contributed by atoms with Gasteiger partial charge in [0, 0.05) is 19.3 Å². The average Bonchev–Trinajstić information content (AvgIpc) is 3.06. The molecule has 0 heterocycles. The number of carbonyl (C=O) groups excluding carboxylic acids is 2. The van der Waals surface area contributed by atoms with Crippen molar-refractivity contribution in [3.05, 3.63) is 48.6 Å². The maximum atomic E-state index is 12.6. The van der Waals surface area contributed by atoms with Crippen molar-refractivity contribution in [2.75, 3.05) is 41.0 Å². The van der Waals surface area contributed by atoms with E-state index in [0.717, 1.165) is 57.8 Å². The molecule has 0 aliphatic heterocycles. The largest absolute Gasteiger partial charge is 0.477 e. The Kier molecular flexibility index (Phi) is 31.6. The van der Waals surface area contributed by atoms with Crippen LogP contribution >= 0.6 is 0 Å². The lowest BCUT2D eigenvalue weighted by Gasteiger charge is -2.31. The molecule has 1 N–H and O–H groups in total. The van der Waals surface area contributed by atoms with Gasteiger partial charge in [0.2, 0.25) is 0 Å². The molecule has 0 aliphatic rings. The normalized spacial score (nSPS) is 13.5. The van der Waals surface area contributed by atoms with Crippen molar-refractivity contribution in [2.45, 2.75) is 161 Å². The first kappa shape index (κ1) is 47.3. The fraction of sp³-hybridized carbons (Fsp3) is 0.738. The van der Waals surface area contributed by atoms with E-state index in [0.29, 0.717) is 19.3 Å². The highest BCUT2D eigenvalue weighted by molar-refractivity contribution is 5.72. The highest BCUT2D eigenvalue weighted by atomic mass is 16.6. The van der Waals surface area contributed by atoms with Gasteiger partial charge in [-0.3, -0.25) is 9.59 Å². The van der Waals surface area contributed by atoms with E-state index in [9.17, 15) is 19.5 Å². The molecule has 0 aromatic rings. The number of esters is 2. The highest BCUT2D eigenvalue weighted by Crippen LogP contribution is 2.13. The van der Waals surface area contributed by atoms with Gasteiger partial charge in [0.25, 0.3) is 0 Å². The highest BCUT2D eigenvalue weighted by Gasteiger charge is 2.31. The van der Waals surface area contributed by atoms with Crippen LogP contribution in [0.5, 0.6) is 0 Å². The molecule has 0 spiro atoms. The summed E-state index contributed by atoms with van der Waals surface area (Å²) in [6.07, 6.45) is 37.3. The van der Waals surface area contributed by atoms with Gasteiger partial charge >= 0.3 is 17.9 Å². The van der Waals surface area contributed by atoms with Crippen LogP contribution in [-0.4, -0.2) is 80.6 Å². The lowest BCUT2D eigenvalue weighted by Crippen LogP contribution is -2.50. The van der Waals surface area contributed by atoms with Gasteiger partial charge in [-0.15, -0.1) is 0 Å². The molecule has 8 heteroatoms. The lowest BCUT2D eigenvalue weighted by atomic mass is 10.1. The summed E-state index contributed by atoms with van der Waals surface area (Å²) in [5.41, 5.74) is 0. The third-order valence-corrected chi connectivity index (χ3v) is 8.49. The molecule has 0 fully saturated rings. The fourth-order valence-corrected chi connectivity index (χ4v) is 5.43. The number of rotatable bonds is 34. The summed E-state index contributed by atoms with van der Waals surface area (Å²) >= 11 is 0. The van der Waals surface area contributed by atoms with Gasteiger partial charge in [0.05, 0.1) is 34.4 Å². The van der Waals surface area contributed by atoms with Crippen LogP contribution in [0.3, 0.4) is 0 Å². The number of quaternary nitrogens is 1. The Hall–Kier alpha value is -2.71.